The Hall–Kier alpha value is -3.24. The predicted molar refractivity (Wildman–Crippen MR) is 118 cm³/mol. The van der Waals surface area contributed by atoms with Gasteiger partial charge in [-0.2, -0.15) is 4.98 Å². The SMILES string of the molecule is CCc1nc(OC)n(Cc2ccc(-c3ccccc3S(=O)(=O)NC(C)=O)cc2F)c1CN. The summed E-state index contributed by atoms with van der Waals surface area (Å²) in [5, 5.41) is 0. The minimum absolute atomic E-state index is 0.114. The molecular formula is C22H25FN4O4S. The number of rotatable bonds is 8. The Morgan fingerprint density at radius 2 is 1.97 bits per heavy atom. The van der Waals surface area contributed by atoms with E-state index < -0.39 is 21.7 Å². The zero-order valence-corrected chi connectivity index (χ0v) is 18.9. The summed E-state index contributed by atoms with van der Waals surface area (Å²) in [5.74, 6) is -1.23. The quantitative estimate of drug-likeness (QED) is 0.534. The number of amides is 1. The van der Waals surface area contributed by atoms with Crippen molar-refractivity contribution in [2.45, 2.75) is 38.3 Å². The minimum atomic E-state index is -4.09. The number of nitrogens with two attached hydrogens (primary N) is 1. The molecular weight excluding hydrogens is 435 g/mol. The minimum Gasteiger partial charge on any atom is -0.468 e. The van der Waals surface area contributed by atoms with E-state index in [1.165, 1.54) is 25.3 Å². The number of aryl methyl sites for hydroxylation is 1. The summed E-state index contributed by atoms with van der Waals surface area (Å²) in [7, 11) is -2.60. The first-order valence-electron chi connectivity index (χ1n) is 9.95. The standard InChI is InChI=1S/C22H25FN4O4S/c1-4-19-20(12-24)27(22(25-19)31-3)13-16-10-9-15(11-18(16)23)17-7-5-6-8-21(17)32(29,30)26-14(2)28/h5-11H,4,12-13,24H2,1-3H3,(H,26,28). The van der Waals surface area contributed by atoms with Crippen LogP contribution in [-0.2, 0) is 34.3 Å². The maximum Gasteiger partial charge on any atom is 0.296 e. The smallest absolute Gasteiger partial charge is 0.296 e. The molecule has 0 bridgehead atoms. The topological polar surface area (TPSA) is 116 Å². The number of imidazole rings is 1. The second-order valence-corrected chi connectivity index (χ2v) is 8.75. The number of aromatic nitrogens is 2. The predicted octanol–water partition coefficient (Wildman–Crippen LogP) is 2.59. The molecule has 3 N–H and O–H groups in total. The van der Waals surface area contributed by atoms with Gasteiger partial charge in [0, 0.05) is 24.6 Å². The van der Waals surface area contributed by atoms with Crippen molar-refractivity contribution in [3.63, 3.8) is 0 Å². The molecule has 0 saturated carbocycles. The van der Waals surface area contributed by atoms with Crippen LogP contribution in [0.5, 0.6) is 6.01 Å². The maximum absolute atomic E-state index is 15.1. The van der Waals surface area contributed by atoms with Gasteiger partial charge in [0.15, 0.2) is 0 Å². The van der Waals surface area contributed by atoms with Crippen LogP contribution in [0.2, 0.25) is 0 Å². The van der Waals surface area contributed by atoms with Gasteiger partial charge in [-0.1, -0.05) is 37.3 Å². The Kier molecular flexibility index (Phi) is 6.95. The van der Waals surface area contributed by atoms with Crippen LogP contribution in [0.15, 0.2) is 47.4 Å². The van der Waals surface area contributed by atoms with Crippen molar-refractivity contribution in [1.82, 2.24) is 14.3 Å². The van der Waals surface area contributed by atoms with Crippen molar-refractivity contribution >= 4 is 15.9 Å². The van der Waals surface area contributed by atoms with Crippen LogP contribution in [0.25, 0.3) is 11.1 Å². The molecule has 1 heterocycles. The van der Waals surface area contributed by atoms with E-state index in [1.54, 1.807) is 28.8 Å². The highest BCUT2D eigenvalue weighted by molar-refractivity contribution is 7.90. The molecule has 1 amide bonds. The van der Waals surface area contributed by atoms with Crippen LogP contribution in [-0.4, -0.2) is 31.0 Å². The number of nitrogens with one attached hydrogen (secondary N) is 1. The summed E-state index contributed by atoms with van der Waals surface area (Å²) in [5.41, 5.74) is 8.44. The van der Waals surface area contributed by atoms with Gasteiger partial charge < -0.3 is 10.5 Å². The molecule has 1 aromatic heterocycles. The highest BCUT2D eigenvalue weighted by Gasteiger charge is 2.21. The summed E-state index contributed by atoms with van der Waals surface area (Å²) in [6.07, 6.45) is 0.664. The lowest BCUT2D eigenvalue weighted by Gasteiger charge is -2.14. The fraction of sp³-hybridized carbons (Fsp3) is 0.273. The van der Waals surface area contributed by atoms with Crippen molar-refractivity contribution in [1.29, 1.82) is 0 Å². The molecule has 170 valence electrons. The van der Waals surface area contributed by atoms with E-state index in [0.29, 0.717) is 23.6 Å². The lowest BCUT2D eigenvalue weighted by atomic mass is 10.0. The molecule has 0 aliphatic heterocycles. The van der Waals surface area contributed by atoms with Gasteiger partial charge in [-0.15, -0.1) is 0 Å². The summed E-state index contributed by atoms with van der Waals surface area (Å²) >= 11 is 0. The average molecular weight is 461 g/mol. The Morgan fingerprint density at radius 1 is 1.25 bits per heavy atom. The van der Waals surface area contributed by atoms with Crippen LogP contribution < -0.4 is 15.2 Å². The van der Waals surface area contributed by atoms with E-state index in [9.17, 15) is 13.2 Å². The number of benzene rings is 2. The Bertz CT molecular complexity index is 1250. The average Bonchev–Trinajstić information content (AvgIpc) is 3.10. The van der Waals surface area contributed by atoms with Crippen molar-refractivity contribution < 1.29 is 22.3 Å². The second-order valence-electron chi connectivity index (χ2n) is 7.10. The van der Waals surface area contributed by atoms with Crippen LogP contribution in [0.3, 0.4) is 0 Å². The largest absolute Gasteiger partial charge is 0.468 e. The van der Waals surface area contributed by atoms with Crippen molar-refractivity contribution in [2.24, 2.45) is 5.73 Å². The molecule has 10 heteroatoms. The molecule has 0 fully saturated rings. The van der Waals surface area contributed by atoms with Gasteiger partial charge in [-0.05, 0) is 24.1 Å². The van der Waals surface area contributed by atoms with Crippen molar-refractivity contribution in [3.05, 3.63) is 65.2 Å². The van der Waals surface area contributed by atoms with Gasteiger partial charge in [0.25, 0.3) is 16.0 Å². The van der Waals surface area contributed by atoms with Crippen LogP contribution in [0.1, 0.15) is 30.8 Å². The first kappa shape index (κ1) is 23.4. The molecule has 0 saturated heterocycles. The van der Waals surface area contributed by atoms with Gasteiger partial charge in [-0.3, -0.25) is 9.36 Å². The molecule has 0 radical (unpaired) electrons. The second kappa shape index (κ2) is 9.49. The number of carbonyl (C=O) groups is 1. The number of halogens is 1. The number of carbonyl (C=O) groups excluding carboxylic acids is 1. The summed E-state index contributed by atoms with van der Waals surface area (Å²) in [6, 6.07) is 10.9. The zero-order valence-electron chi connectivity index (χ0n) is 18.1. The molecule has 3 rings (SSSR count). The normalized spacial score (nSPS) is 11.4. The van der Waals surface area contributed by atoms with E-state index in [2.05, 4.69) is 4.98 Å². The Labute approximate surface area is 186 Å². The molecule has 3 aromatic rings. The number of nitrogens with zero attached hydrogens (tertiary/aromatic N) is 2. The van der Waals surface area contributed by atoms with Crippen molar-refractivity contribution in [3.8, 4) is 17.1 Å². The van der Waals surface area contributed by atoms with Gasteiger partial charge in [0.2, 0.25) is 5.91 Å². The molecule has 2 aromatic carbocycles. The van der Waals surface area contributed by atoms with Crippen LogP contribution in [0, 0.1) is 5.82 Å². The molecule has 0 aliphatic rings. The molecule has 32 heavy (non-hydrogen) atoms. The van der Waals surface area contributed by atoms with Gasteiger partial charge >= 0.3 is 0 Å². The zero-order chi connectivity index (χ0) is 23.5. The third-order valence-corrected chi connectivity index (χ3v) is 6.47. The third kappa shape index (κ3) is 4.66. The van der Waals surface area contributed by atoms with Crippen LogP contribution >= 0.6 is 0 Å². The molecule has 8 nitrogen and oxygen atoms in total. The highest BCUT2D eigenvalue weighted by atomic mass is 32.2. The Balaban J connectivity index is 2.02. The molecule has 0 atom stereocenters. The fourth-order valence-corrected chi connectivity index (χ4v) is 4.76. The molecule has 0 unspecified atom stereocenters. The van der Waals surface area contributed by atoms with Gasteiger partial charge in [0.05, 0.1) is 29.9 Å². The van der Waals surface area contributed by atoms with Crippen molar-refractivity contribution in [2.75, 3.05) is 7.11 Å². The van der Waals surface area contributed by atoms with E-state index in [4.69, 9.17) is 10.5 Å². The summed E-state index contributed by atoms with van der Waals surface area (Å²) < 4.78 is 49.2. The van der Waals surface area contributed by atoms with E-state index >= 15 is 4.39 Å². The molecule has 0 aliphatic carbocycles. The first-order valence-corrected chi connectivity index (χ1v) is 11.4. The molecule has 0 spiro atoms. The van der Waals surface area contributed by atoms with Gasteiger partial charge in [0.1, 0.15) is 5.82 Å². The van der Waals surface area contributed by atoms with E-state index in [-0.39, 0.29) is 23.5 Å². The van der Waals surface area contributed by atoms with E-state index in [0.717, 1.165) is 18.3 Å². The first-order chi connectivity index (χ1) is 15.2. The fourth-order valence-electron chi connectivity index (χ4n) is 3.54. The summed E-state index contributed by atoms with van der Waals surface area (Å²) in [4.78, 5) is 15.6. The van der Waals surface area contributed by atoms with Gasteiger partial charge in [-0.25, -0.2) is 17.5 Å². The van der Waals surface area contributed by atoms with E-state index in [1.807, 2.05) is 11.6 Å². The highest BCUT2D eigenvalue weighted by Crippen LogP contribution is 2.29. The number of hydrogen-bond acceptors (Lipinski definition) is 6. The van der Waals surface area contributed by atoms with Crippen LogP contribution in [0.4, 0.5) is 4.39 Å². The Morgan fingerprint density at radius 3 is 2.56 bits per heavy atom. The third-order valence-electron chi connectivity index (χ3n) is 4.98. The summed E-state index contributed by atoms with van der Waals surface area (Å²) in [6.45, 7) is 3.44. The maximum atomic E-state index is 15.1. The number of hydrogen-bond donors (Lipinski definition) is 2. The number of ether oxygens (including phenoxy) is 1. The number of sulfonamides is 1. The monoisotopic (exact) mass is 460 g/mol. The number of methoxy groups -OCH3 is 1. The lowest BCUT2D eigenvalue weighted by molar-refractivity contribution is -0.117. The lowest BCUT2D eigenvalue weighted by Crippen LogP contribution is -2.28.